The van der Waals surface area contributed by atoms with Crippen molar-refractivity contribution < 1.29 is 18.7 Å². The molecule has 4 rings (SSSR count). The highest BCUT2D eigenvalue weighted by atomic mass is 16.5. The first-order valence-electron chi connectivity index (χ1n) is 9.10. The number of amides is 1. The lowest BCUT2D eigenvalue weighted by Gasteiger charge is -2.12. The number of aryl methyl sites for hydroxylation is 1. The zero-order valence-corrected chi connectivity index (χ0v) is 16.3. The Labute approximate surface area is 167 Å². The number of hydrogen-bond donors (Lipinski definition) is 1. The molecule has 29 heavy (non-hydrogen) atoms. The second kappa shape index (κ2) is 7.67. The molecular formula is C21H20N4O4. The summed E-state index contributed by atoms with van der Waals surface area (Å²) in [7, 11) is 3.10. The normalized spacial score (nSPS) is 10.9. The molecule has 0 bridgehead atoms. The third-order valence-electron chi connectivity index (χ3n) is 4.52. The summed E-state index contributed by atoms with van der Waals surface area (Å²) in [6, 6.07) is 12.3. The standard InChI is InChI=1S/C21H20N4O4/c1-4-13-10-17(21(26)23-15-11-14(27-2)7-8-18(15)28-3)22-20-12-16(24-25(13)20)19-6-5-9-29-19/h5-12H,4H2,1-3H3,(H,23,26). The van der Waals surface area contributed by atoms with Gasteiger partial charge in [0, 0.05) is 17.8 Å². The van der Waals surface area contributed by atoms with Gasteiger partial charge in [0.25, 0.3) is 5.91 Å². The largest absolute Gasteiger partial charge is 0.497 e. The maximum absolute atomic E-state index is 12.9. The van der Waals surface area contributed by atoms with Crippen LogP contribution in [-0.2, 0) is 6.42 Å². The fourth-order valence-electron chi connectivity index (χ4n) is 3.05. The molecule has 148 valence electrons. The highest BCUT2D eigenvalue weighted by molar-refractivity contribution is 6.04. The Morgan fingerprint density at radius 1 is 1.17 bits per heavy atom. The van der Waals surface area contributed by atoms with Gasteiger partial charge in [0.1, 0.15) is 22.9 Å². The van der Waals surface area contributed by atoms with Gasteiger partial charge in [0.2, 0.25) is 0 Å². The minimum Gasteiger partial charge on any atom is -0.497 e. The van der Waals surface area contributed by atoms with Crippen LogP contribution in [0.5, 0.6) is 11.5 Å². The molecule has 4 aromatic rings. The summed E-state index contributed by atoms with van der Waals surface area (Å²) < 4.78 is 17.7. The molecule has 3 aromatic heterocycles. The highest BCUT2D eigenvalue weighted by Gasteiger charge is 2.17. The SMILES string of the molecule is CCc1cc(C(=O)Nc2cc(OC)ccc2OC)nc2cc(-c3ccco3)nn12. The summed E-state index contributed by atoms with van der Waals surface area (Å²) in [5, 5.41) is 7.40. The lowest BCUT2D eigenvalue weighted by Crippen LogP contribution is -2.16. The molecule has 0 fully saturated rings. The quantitative estimate of drug-likeness (QED) is 0.536. The summed E-state index contributed by atoms with van der Waals surface area (Å²) in [5.74, 6) is 1.43. The number of nitrogens with zero attached hydrogens (tertiary/aromatic N) is 3. The Morgan fingerprint density at radius 3 is 2.72 bits per heavy atom. The molecule has 0 radical (unpaired) electrons. The van der Waals surface area contributed by atoms with Gasteiger partial charge in [0.05, 0.1) is 26.2 Å². The Hall–Kier alpha value is -3.81. The molecule has 0 aliphatic carbocycles. The van der Waals surface area contributed by atoms with Gasteiger partial charge in [0.15, 0.2) is 11.4 Å². The Bertz CT molecular complexity index is 1170. The zero-order chi connectivity index (χ0) is 20.4. The van der Waals surface area contributed by atoms with E-state index in [1.54, 1.807) is 61.4 Å². The van der Waals surface area contributed by atoms with Gasteiger partial charge in [-0.05, 0) is 36.8 Å². The first-order chi connectivity index (χ1) is 14.1. The zero-order valence-electron chi connectivity index (χ0n) is 16.3. The molecule has 0 aliphatic heterocycles. The van der Waals surface area contributed by atoms with Gasteiger partial charge < -0.3 is 19.2 Å². The number of aromatic nitrogens is 3. The Kier molecular flexibility index (Phi) is 4.90. The number of methoxy groups -OCH3 is 2. The number of hydrogen-bond acceptors (Lipinski definition) is 6. The van der Waals surface area contributed by atoms with Crippen LogP contribution < -0.4 is 14.8 Å². The van der Waals surface area contributed by atoms with E-state index in [0.717, 1.165) is 5.69 Å². The monoisotopic (exact) mass is 392 g/mol. The Morgan fingerprint density at radius 2 is 2.03 bits per heavy atom. The summed E-state index contributed by atoms with van der Waals surface area (Å²) >= 11 is 0. The van der Waals surface area contributed by atoms with Gasteiger partial charge in [-0.3, -0.25) is 4.79 Å². The number of benzene rings is 1. The summed E-state index contributed by atoms with van der Waals surface area (Å²) in [5.41, 5.74) is 2.87. The number of anilines is 1. The molecule has 0 unspecified atom stereocenters. The molecule has 1 N–H and O–H groups in total. The third-order valence-corrected chi connectivity index (χ3v) is 4.52. The van der Waals surface area contributed by atoms with E-state index in [0.29, 0.717) is 40.7 Å². The van der Waals surface area contributed by atoms with Gasteiger partial charge in [-0.15, -0.1) is 0 Å². The van der Waals surface area contributed by atoms with Crippen molar-refractivity contribution in [2.45, 2.75) is 13.3 Å². The number of carbonyl (C=O) groups is 1. The molecule has 0 spiro atoms. The first-order valence-corrected chi connectivity index (χ1v) is 9.10. The van der Waals surface area contributed by atoms with Crippen LogP contribution in [0.4, 0.5) is 5.69 Å². The fraction of sp³-hybridized carbons (Fsp3) is 0.190. The van der Waals surface area contributed by atoms with Crippen molar-refractivity contribution in [1.29, 1.82) is 0 Å². The van der Waals surface area contributed by atoms with Crippen molar-refractivity contribution in [3.63, 3.8) is 0 Å². The molecule has 0 saturated carbocycles. The number of furan rings is 1. The molecule has 8 nitrogen and oxygen atoms in total. The van der Waals surface area contributed by atoms with Crippen LogP contribution in [0, 0.1) is 0 Å². The average Bonchev–Trinajstić information content (AvgIpc) is 3.42. The minimum atomic E-state index is -0.352. The van der Waals surface area contributed by atoms with E-state index in [4.69, 9.17) is 13.9 Å². The van der Waals surface area contributed by atoms with Crippen molar-refractivity contribution in [2.75, 3.05) is 19.5 Å². The average molecular weight is 392 g/mol. The van der Waals surface area contributed by atoms with E-state index in [1.165, 1.54) is 0 Å². The lowest BCUT2D eigenvalue weighted by atomic mass is 10.2. The predicted molar refractivity (Wildman–Crippen MR) is 108 cm³/mol. The van der Waals surface area contributed by atoms with Gasteiger partial charge in [-0.2, -0.15) is 5.10 Å². The maximum atomic E-state index is 12.9. The van der Waals surface area contributed by atoms with Crippen molar-refractivity contribution in [1.82, 2.24) is 14.6 Å². The van der Waals surface area contributed by atoms with Gasteiger partial charge in [-0.25, -0.2) is 9.50 Å². The second-order valence-electron chi connectivity index (χ2n) is 6.28. The van der Waals surface area contributed by atoms with E-state index in [2.05, 4.69) is 15.4 Å². The van der Waals surface area contributed by atoms with Gasteiger partial charge in [-0.1, -0.05) is 6.92 Å². The molecule has 0 saturated heterocycles. The number of fused-ring (bicyclic) bond motifs is 1. The highest BCUT2D eigenvalue weighted by Crippen LogP contribution is 2.29. The molecule has 3 heterocycles. The molecular weight excluding hydrogens is 372 g/mol. The van der Waals surface area contributed by atoms with Crippen LogP contribution in [0.2, 0.25) is 0 Å². The maximum Gasteiger partial charge on any atom is 0.274 e. The lowest BCUT2D eigenvalue weighted by molar-refractivity contribution is 0.102. The summed E-state index contributed by atoms with van der Waals surface area (Å²) in [6.45, 7) is 2.00. The van der Waals surface area contributed by atoms with E-state index in [9.17, 15) is 4.79 Å². The number of nitrogens with one attached hydrogen (secondary N) is 1. The minimum absolute atomic E-state index is 0.283. The van der Waals surface area contributed by atoms with Crippen molar-refractivity contribution in [3.8, 4) is 23.0 Å². The molecule has 1 amide bonds. The summed E-state index contributed by atoms with van der Waals surface area (Å²) in [4.78, 5) is 17.4. The smallest absolute Gasteiger partial charge is 0.274 e. The molecule has 1 aromatic carbocycles. The van der Waals surface area contributed by atoms with Crippen molar-refractivity contribution in [3.05, 3.63) is 60.1 Å². The van der Waals surface area contributed by atoms with Crippen LogP contribution in [-0.4, -0.2) is 34.7 Å². The number of rotatable bonds is 6. The van der Waals surface area contributed by atoms with E-state index < -0.39 is 0 Å². The van der Waals surface area contributed by atoms with Gasteiger partial charge >= 0.3 is 0 Å². The molecule has 8 heteroatoms. The number of carbonyl (C=O) groups excluding carboxylic acids is 1. The Balaban J connectivity index is 1.71. The summed E-state index contributed by atoms with van der Waals surface area (Å²) in [6.07, 6.45) is 2.27. The molecule has 0 atom stereocenters. The molecule has 0 aliphatic rings. The van der Waals surface area contributed by atoms with Crippen molar-refractivity contribution >= 4 is 17.2 Å². The van der Waals surface area contributed by atoms with Crippen LogP contribution in [0.1, 0.15) is 23.1 Å². The topological polar surface area (TPSA) is 90.9 Å². The van der Waals surface area contributed by atoms with E-state index in [-0.39, 0.29) is 11.6 Å². The number of ether oxygens (including phenoxy) is 2. The van der Waals surface area contributed by atoms with Crippen LogP contribution in [0.3, 0.4) is 0 Å². The van der Waals surface area contributed by atoms with E-state index in [1.807, 2.05) is 13.0 Å². The van der Waals surface area contributed by atoms with Crippen LogP contribution >= 0.6 is 0 Å². The fourth-order valence-corrected chi connectivity index (χ4v) is 3.05. The first kappa shape index (κ1) is 18.5. The van der Waals surface area contributed by atoms with Crippen LogP contribution in [0.25, 0.3) is 17.1 Å². The second-order valence-corrected chi connectivity index (χ2v) is 6.28. The predicted octanol–water partition coefficient (Wildman–Crippen LogP) is 3.82. The third kappa shape index (κ3) is 3.52. The van der Waals surface area contributed by atoms with E-state index >= 15 is 0 Å². The van der Waals surface area contributed by atoms with Crippen LogP contribution in [0.15, 0.2) is 53.1 Å². The van der Waals surface area contributed by atoms with Crippen molar-refractivity contribution in [2.24, 2.45) is 0 Å².